The standard InChI is InChI=1S/C10H20N4.C6H8N2/c11-4-1-3-10(12)9-14-7-2-5-13-6-8-14;1-5-3-2-4-6(7)8-5/h1,3-4,13H,2,5-9,11-12H2;2-4H,1H3,(H2,7,8)/b4-1-,10-3+;. The molecule has 122 valence electrons. The Hall–Kier alpha value is -2.05. The predicted molar refractivity (Wildman–Crippen MR) is 92.9 cm³/mol. The van der Waals surface area contributed by atoms with E-state index in [4.69, 9.17) is 17.2 Å². The minimum atomic E-state index is 0.588. The van der Waals surface area contributed by atoms with Gasteiger partial charge in [0.15, 0.2) is 0 Å². The highest BCUT2D eigenvalue weighted by atomic mass is 15.2. The van der Waals surface area contributed by atoms with Gasteiger partial charge in [0.2, 0.25) is 0 Å². The van der Waals surface area contributed by atoms with E-state index in [1.165, 1.54) is 12.6 Å². The number of anilines is 1. The predicted octanol–water partition coefficient (Wildman–Crippen LogP) is 0.569. The van der Waals surface area contributed by atoms with E-state index >= 15 is 0 Å². The Bertz CT molecular complexity index is 458. The number of aromatic nitrogens is 1. The van der Waals surface area contributed by atoms with Crippen LogP contribution in [0.5, 0.6) is 0 Å². The van der Waals surface area contributed by atoms with E-state index < -0.39 is 0 Å². The second-order valence-electron chi connectivity index (χ2n) is 5.21. The summed E-state index contributed by atoms with van der Waals surface area (Å²) in [5.74, 6) is 0.588. The van der Waals surface area contributed by atoms with Gasteiger partial charge in [0.05, 0.1) is 0 Å². The quantitative estimate of drug-likeness (QED) is 0.608. The molecule has 0 bridgehead atoms. The maximum atomic E-state index is 5.83. The number of pyridine rings is 1. The van der Waals surface area contributed by atoms with Crippen molar-refractivity contribution in [3.8, 4) is 0 Å². The zero-order valence-corrected chi connectivity index (χ0v) is 13.3. The van der Waals surface area contributed by atoms with E-state index in [0.717, 1.165) is 44.1 Å². The number of nitrogen functional groups attached to an aromatic ring is 1. The third-order valence-electron chi connectivity index (χ3n) is 3.17. The summed E-state index contributed by atoms with van der Waals surface area (Å²) in [7, 11) is 0. The lowest BCUT2D eigenvalue weighted by atomic mass is 10.3. The first-order valence-electron chi connectivity index (χ1n) is 7.57. The van der Waals surface area contributed by atoms with Gasteiger partial charge in [-0.25, -0.2) is 4.98 Å². The summed E-state index contributed by atoms with van der Waals surface area (Å²) in [6.45, 7) is 7.11. The van der Waals surface area contributed by atoms with Crippen molar-refractivity contribution in [1.29, 1.82) is 0 Å². The molecule has 1 saturated heterocycles. The molecule has 2 rings (SSSR count). The van der Waals surface area contributed by atoms with Gasteiger partial charge >= 0.3 is 0 Å². The molecule has 1 aromatic heterocycles. The topological polar surface area (TPSA) is 106 Å². The van der Waals surface area contributed by atoms with Crippen LogP contribution in [0.3, 0.4) is 0 Å². The molecule has 6 nitrogen and oxygen atoms in total. The molecule has 0 spiro atoms. The molecule has 0 aromatic carbocycles. The molecule has 1 aliphatic rings. The highest BCUT2D eigenvalue weighted by molar-refractivity contribution is 5.28. The molecule has 6 heteroatoms. The van der Waals surface area contributed by atoms with Gasteiger partial charge in [-0.1, -0.05) is 6.07 Å². The lowest BCUT2D eigenvalue weighted by Gasteiger charge is -2.19. The maximum Gasteiger partial charge on any atom is 0.123 e. The van der Waals surface area contributed by atoms with Gasteiger partial charge in [-0.3, -0.25) is 4.90 Å². The molecule has 1 aromatic rings. The summed E-state index contributed by atoms with van der Waals surface area (Å²) in [5, 5.41) is 3.36. The van der Waals surface area contributed by atoms with Crippen molar-refractivity contribution in [3.05, 3.63) is 47.9 Å². The second-order valence-corrected chi connectivity index (χ2v) is 5.21. The number of nitrogens with one attached hydrogen (secondary N) is 1. The van der Waals surface area contributed by atoms with Crippen molar-refractivity contribution in [2.24, 2.45) is 11.5 Å². The van der Waals surface area contributed by atoms with Crippen LogP contribution < -0.4 is 22.5 Å². The fourth-order valence-electron chi connectivity index (χ4n) is 2.11. The van der Waals surface area contributed by atoms with E-state index in [1.54, 1.807) is 12.1 Å². The van der Waals surface area contributed by atoms with Gasteiger partial charge in [0, 0.05) is 31.0 Å². The minimum Gasteiger partial charge on any atom is -0.405 e. The van der Waals surface area contributed by atoms with Gasteiger partial charge in [-0.15, -0.1) is 0 Å². The summed E-state index contributed by atoms with van der Waals surface area (Å²) >= 11 is 0. The van der Waals surface area contributed by atoms with Crippen LogP contribution in [0.25, 0.3) is 0 Å². The number of nitrogens with zero attached hydrogens (tertiary/aromatic N) is 2. The Kier molecular flexibility index (Phi) is 8.71. The van der Waals surface area contributed by atoms with Crippen LogP contribution in [0.2, 0.25) is 0 Å². The van der Waals surface area contributed by atoms with E-state index in [9.17, 15) is 0 Å². The highest BCUT2D eigenvalue weighted by Gasteiger charge is 2.08. The Balaban J connectivity index is 0.000000255. The zero-order chi connectivity index (χ0) is 16.2. The number of hydrogen-bond donors (Lipinski definition) is 4. The first-order valence-corrected chi connectivity index (χ1v) is 7.57. The van der Waals surface area contributed by atoms with E-state index in [0.29, 0.717) is 5.82 Å². The minimum absolute atomic E-state index is 0.588. The number of aryl methyl sites for hydroxylation is 1. The molecule has 2 heterocycles. The second kappa shape index (κ2) is 10.6. The maximum absolute atomic E-state index is 5.83. The van der Waals surface area contributed by atoms with Gasteiger partial charge < -0.3 is 22.5 Å². The molecule has 0 atom stereocenters. The Morgan fingerprint density at radius 3 is 2.82 bits per heavy atom. The summed E-state index contributed by atoms with van der Waals surface area (Å²) < 4.78 is 0. The van der Waals surface area contributed by atoms with Crippen LogP contribution in [0, 0.1) is 6.92 Å². The number of rotatable bonds is 3. The summed E-state index contributed by atoms with van der Waals surface area (Å²) in [6.07, 6.45) is 6.32. The molecule has 22 heavy (non-hydrogen) atoms. The van der Waals surface area contributed by atoms with Crippen molar-refractivity contribution in [2.75, 3.05) is 38.5 Å². The molecule has 7 N–H and O–H groups in total. The molecular formula is C16H28N6. The Morgan fingerprint density at radius 1 is 1.36 bits per heavy atom. The monoisotopic (exact) mass is 304 g/mol. The number of hydrogen-bond acceptors (Lipinski definition) is 6. The molecule has 1 aliphatic heterocycles. The number of nitrogens with two attached hydrogens (primary N) is 3. The average Bonchev–Trinajstić information content (AvgIpc) is 2.74. The molecule has 1 fully saturated rings. The van der Waals surface area contributed by atoms with Crippen molar-refractivity contribution in [2.45, 2.75) is 13.3 Å². The van der Waals surface area contributed by atoms with Gasteiger partial charge in [-0.2, -0.15) is 0 Å². The van der Waals surface area contributed by atoms with Crippen LogP contribution in [0.15, 0.2) is 42.2 Å². The van der Waals surface area contributed by atoms with Gasteiger partial charge in [0.25, 0.3) is 0 Å². The van der Waals surface area contributed by atoms with Crippen LogP contribution >= 0.6 is 0 Å². The highest BCUT2D eigenvalue weighted by Crippen LogP contribution is 1.98. The molecule has 0 saturated carbocycles. The third-order valence-corrected chi connectivity index (χ3v) is 3.17. The van der Waals surface area contributed by atoms with Gasteiger partial charge in [0.1, 0.15) is 5.82 Å². The fraction of sp³-hybridized carbons (Fsp3) is 0.438. The largest absolute Gasteiger partial charge is 0.405 e. The molecule has 0 aliphatic carbocycles. The van der Waals surface area contributed by atoms with Gasteiger partial charge in [-0.05, 0) is 56.9 Å². The summed E-state index contributed by atoms with van der Waals surface area (Å²) in [5.41, 5.74) is 18.2. The van der Waals surface area contributed by atoms with Crippen LogP contribution in [-0.4, -0.2) is 42.6 Å². The number of allylic oxidation sites excluding steroid dienone is 2. The van der Waals surface area contributed by atoms with E-state index in [-0.39, 0.29) is 0 Å². The van der Waals surface area contributed by atoms with Crippen molar-refractivity contribution in [3.63, 3.8) is 0 Å². The van der Waals surface area contributed by atoms with Crippen LogP contribution in [0.1, 0.15) is 12.1 Å². The van der Waals surface area contributed by atoms with Crippen molar-refractivity contribution < 1.29 is 0 Å². The van der Waals surface area contributed by atoms with Crippen molar-refractivity contribution >= 4 is 5.82 Å². The molecule has 0 unspecified atom stereocenters. The SMILES string of the molecule is Cc1cccc(N)n1.N/C=C\C=C(\N)CN1CCCNCC1. The Labute approximate surface area is 133 Å². The van der Waals surface area contributed by atoms with Crippen molar-refractivity contribution in [1.82, 2.24) is 15.2 Å². The first-order chi connectivity index (χ1) is 10.6. The first kappa shape index (κ1) is 18.0. The fourth-order valence-corrected chi connectivity index (χ4v) is 2.11. The van der Waals surface area contributed by atoms with E-state index in [1.807, 2.05) is 25.1 Å². The Morgan fingerprint density at radius 2 is 2.18 bits per heavy atom. The third kappa shape index (κ3) is 8.28. The lowest BCUT2D eigenvalue weighted by Crippen LogP contribution is -2.31. The van der Waals surface area contributed by atoms with E-state index in [2.05, 4.69) is 15.2 Å². The van der Waals surface area contributed by atoms with Crippen LogP contribution in [0.4, 0.5) is 5.82 Å². The summed E-state index contributed by atoms with van der Waals surface area (Å²) in [6, 6.07) is 5.57. The smallest absolute Gasteiger partial charge is 0.123 e. The normalized spacial score (nSPS) is 16.9. The zero-order valence-electron chi connectivity index (χ0n) is 13.3. The summed E-state index contributed by atoms with van der Waals surface area (Å²) in [4.78, 5) is 6.31. The average molecular weight is 304 g/mol. The molecular weight excluding hydrogens is 276 g/mol. The molecule has 0 amide bonds. The lowest BCUT2D eigenvalue weighted by molar-refractivity contribution is 0.316. The molecule has 0 radical (unpaired) electrons. The van der Waals surface area contributed by atoms with Crippen LogP contribution in [-0.2, 0) is 0 Å².